The number of hydrogen-bond acceptors (Lipinski definition) is 6. The van der Waals surface area contributed by atoms with E-state index in [1.54, 1.807) is 0 Å². The van der Waals surface area contributed by atoms with E-state index in [1.165, 1.54) is 225 Å². The van der Waals surface area contributed by atoms with Gasteiger partial charge in [-0.25, -0.2) is 0 Å². The molecule has 0 spiro atoms. The lowest BCUT2D eigenvalue weighted by molar-refractivity contribution is -0.167. The molecule has 0 aromatic carbocycles. The lowest BCUT2D eigenvalue weighted by Gasteiger charge is -2.18. The maximum Gasteiger partial charge on any atom is 0.306 e. The molecule has 0 aliphatic heterocycles. The normalized spacial score (nSPS) is 12.5. The van der Waals surface area contributed by atoms with Crippen LogP contribution in [0.15, 0.2) is 0 Å². The predicted molar refractivity (Wildman–Crippen MR) is 284 cm³/mol. The second kappa shape index (κ2) is 52.8. The summed E-state index contributed by atoms with van der Waals surface area (Å²) in [4.78, 5) is 38.1. The molecule has 0 bridgehead atoms. The summed E-state index contributed by atoms with van der Waals surface area (Å²) in [5.41, 5.74) is 0. The molecule has 0 rings (SSSR count). The first-order valence-corrected chi connectivity index (χ1v) is 29.8. The number of esters is 3. The SMILES string of the molecule is CCCCCCCCCCCCCCCC(=O)O[C@@H](COC(=O)CCCCCCCCCCCCCCCCCCCCC(C)CC)COC(=O)CCCCCCCCCCCCC(C)C. The van der Waals surface area contributed by atoms with Gasteiger partial charge in [0.05, 0.1) is 0 Å². The van der Waals surface area contributed by atoms with Gasteiger partial charge in [-0.05, 0) is 31.1 Å². The summed E-state index contributed by atoms with van der Waals surface area (Å²) in [6.07, 6.45) is 56.6. The van der Waals surface area contributed by atoms with Crippen molar-refractivity contribution in [2.24, 2.45) is 11.8 Å². The maximum atomic E-state index is 12.8. The largest absolute Gasteiger partial charge is 0.462 e. The molecule has 0 N–H and O–H groups in total. The number of hydrogen-bond donors (Lipinski definition) is 0. The van der Waals surface area contributed by atoms with Crippen molar-refractivity contribution in [3.63, 3.8) is 0 Å². The molecular weight excluding hydrogens is 817 g/mol. The van der Waals surface area contributed by atoms with E-state index in [9.17, 15) is 14.4 Å². The van der Waals surface area contributed by atoms with Gasteiger partial charge in [-0.2, -0.15) is 0 Å². The van der Waals surface area contributed by atoms with Gasteiger partial charge >= 0.3 is 17.9 Å². The standard InChI is InChI=1S/C60H116O6/c1-6-8-9-10-11-12-13-20-25-32-37-42-47-52-60(63)66-57(54-65-59(62)51-46-41-36-31-27-26-28-33-38-43-48-55(3)4)53-64-58(61)50-45-40-35-30-24-22-19-17-15-14-16-18-21-23-29-34-39-44-49-56(5)7-2/h55-57H,6-54H2,1-5H3/t56?,57-/m0/s1. The third-order valence-corrected chi connectivity index (χ3v) is 14.1. The first-order valence-electron chi connectivity index (χ1n) is 29.8. The smallest absolute Gasteiger partial charge is 0.306 e. The Kier molecular flexibility index (Phi) is 51.5. The zero-order chi connectivity index (χ0) is 48.2. The number of ether oxygens (including phenoxy) is 3. The van der Waals surface area contributed by atoms with Crippen LogP contribution in [0.25, 0.3) is 0 Å². The fourth-order valence-corrected chi connectivity index (χ4v) is 9.20. The number of rotatable bonds is 54. The Hall–Kier alpha value is -1.59. The molecule has 0 amide bonds. The number of carbonyl (C=O) groups is 3. The molecule has 66 heavy (non-hydrogen) atoms. The van der Waals surface area contributed by atoms with E-state index >= 15 is 0 Å². The van der Waals surface area contributed by atoms with E-state index in [2.05, 4.69) is 34.6 Å². The first kappa shape index (κ1) is 64.4. The Balaban J connectivity index is 4.22. The van der Waals surface area contributed by atoms with Crippen LogP contribution in [-0.4, -0.2) is 37.2 Å². The Morgan fingerprint density at radius 2 is 0.576 bits per heavy atom. The van der Waals surface area contributed by atoms with Gasteiger partial charge in [-0.3, -0.25) is 14.4 Å². The van der Waals surface area contributed by atoms with E-state index in [-0.39, 0.29) is 31.1 Å². The van der Waals surface area contributed by atoms with Crippen LogP contribution in [0.5, 0.6) is 0 Å². The molecule has 2 atom stereocenters. The highest BCUT2D eigenvalue weighted by Crippen LogP contribution is 2.19. The highest BCUT2D eigenvalue weighted by atomic mass is 16.6. The van der Waals surface area contributed by atoms with Crippen molar-refractivity contribution in [3.8, 4) is 0 Å². The average Bonchev–Trinajstić information content (AvgIpc) is 3.30. The van der Waals surface area contributed by atoms with Crippen LogP contribution in [0.1, 0.15) is 336 Å². The van der Waals surface area contributed by atoms with Gasteiger partial charge in [0.1, 0.15) is 13.2 Å². The van der Waals surface area contributed by atoms with Crippen LogP contribution in [0.2, 0.25) is 0 Å². The van der Waals surface area contributed by atoms with Crippen LogP contribution in [0.3, 0.4) is 0 Å². The van der Waals surface area contributed by atoms with Crippen molar-refractivity contribution in [2.75, 3.05) is 13.2 Å². The van der Waals surface area contributed by atoms with E-state index in [0.29, 0.717) is 19.3 Å². The van der Waals surface area contributed by atoms with Crippen LogP contribution >= 0.6 is 0 Å². The van der Waals surface area contributed by atoms with Crippen molar-refractivity contribution in [1.29, 1.82) is 0 Å². The Bertz CT molecular complexity index is 1010. The minimum absolute atomic E-state index is 0.0626. The lowest BCUT2D eigenvalue weighted by atomic mass is 9.99. The zero-order valence-electron chi connectivity index (χ0n) is 45.3. The first-order chi connectivity index (χ1) is 32.3. The van der Waals surface area contributed by atoms with Gasteiger partial charge in [-0.15, -0.1) is 0 Å². The molecule has 0 aliphatic carbocycles. The van der Waals surface area contributed by atoms with Crippen LogP contribution in [0.4, 0.5) is 0 Å². The van der Waals surface area contributed by atoms with Crippen LogP contribution in [-0.2, 0) is 28.6 Å². The summed E-state index contributed by atoms with van der Waals surface area (Å²) in [5.74, 6) is 0.890. The summed E-state index contributed by atoms with van der Waals surface area (Å²) in [7, 11) is 0. The van der Waals surface area contributed by atoms with E-state index in [0.717, 1.165) is 69.6 Å². The van der Waals surface area contributed by atoms with Gasteiger partial charge in [0, 0.05) is 19.3 Å². The predicted octanol–water partition coefficient (Wildman–Crippen LogP) is 19.7. The minimum atomic E-state index is -0.762. The molecule has 392 valence electrons. The molecule has 0 aromatic heterocycles. The topological polar surface area (TPSA) is 78.9 Å². The Morgan fingerprint density at radius 3 is 0.864 bits per heavy atom. The van der Waals surface area contributed by atoms with Gasteiger partial charge in [-0.1, -0.05) is 298 Å². The molecule has 0 fully saturated rings. The molecule has 0 saturated heterocycles. The van der Waals surface area contributed by atoms with E-state index in [4.69, 9.17) is 14.2 Å². The maximum absolute atomic E-state index is 12.8. The summed E-state index contributed by atoms with van der Waals surface area (Å²) in [6, 6.07) is 0. The summed E-state index contributed by atoms with van der Waals surface area (Å²) >= 11 is 0. The third kappa shape index (κ3) is 51.8. The Labute approximate surface area is 412 Å². The molecule has 0 heterocycles. The molecule has 0 saturated carbocycles. The minimum Gasteiger partial charge on any atom is -0.462 e. The van der Waals surface area contributed by atoms with Crippen molar-refractivity contribution in [3.05, 3.63) is 0 Å². The molecule has 0 radical (unpaired) electrons. The molecule has 6 heteroatoms. The van der Waals surface area contributed by atoms with Crippen molar-refractivity contribution >= 4 is 17.9 Å². The van der Waals surface area contributed by atoms with Gasteiger partial charge in [0.15, 0.2) is 6.10 Å². The fourth-order valence-electron chi connectivity index (χ4n) is 9.20. The summed E-state index contributed by atoms with van der Waals surface area (Å²) < 4.78 is 16.9. The summed E-state index contributed by atoms with van der Waals surface area (Å²) in [6.45, 7) is 11.4. The molecular formula is C60H116O6. The van der Waals surface area contributed by atoms with Crippen molar-refractivity contribution in [2.45, 2.75) is 343 Å². The van der Waals surface area contributed by atoms with Crippen molar-refractivity contribution in [1.82, 2.24) is 0 Å². The molecule has 0 aromatic rings. The number of carbonyl (C=O) groups excluding carboxylic acids is 3. The van der Waals surface area contributed by atoms with Gasteiger partial charge in [0.25, 0.3) is 0 Å². The molecule has 6 nitrogen and oxygen atoms in total. The second-order valence-electron chi connectivity index (χ2n) is 21.4. The van der Waals surface area contributed by atoms with Gasteiger partial charge in [0.2, 0.25) is 0 Å². The third-order valence-electron chi connectivity index (χ3n) is 14.1. The highest BCUT2D eigenvalue weighted by molar-refractivity contribution is 5.71. The highest BCUT2D eigenvalue weighted by Gasteiger charge is 2.19. The molecule has 0 aliphatic rings. The molecule has 1 unspecified atom stereocenters. The number of unbranched alkanes of at least 4 members (excludes halogenated alkanes) is 38. The zero-order valence-corrected chi connectivity index (χ0v) is 45.3. The van der Waals surface area contributed by atoms with Gasteiger partial charge < -0.3 is 14.2 Å². The monoisotopic (exact) mass is 933 g/mol. The van der Waals surface area contributed by atoms with E-state index < -0.39 is 6.10 Å². The fraction of sp³-hybridized carbons (Fsp3) is 0.950. The van der Waals surface area contributed by atoms with Crippen LogP contribution < -0.4 is 0 Å². The quantitative estimate of drug-likeness (QED) is 0.0343. The summed E-state index contributed by atoms with van der Waals surface area (Å²) in [5, 5.41) is 0. The Morgan fingerprint density at radius 1 is 0.318 bits per heavy atom. The van der Waals surface area contributed by atoms with E-state index in [1.807, 2.05) is 0 Å². The van der Waals surface area contributed by atoms with Crippen molar-refractivity contribution < 1.29 is 28.6 Å². The van der Waals surface area contributed by atoms with Crippen LogP contribution in [0, 0.1) is 11.8 Å². The average molecular weight is 934 g/mol. The lowest BCUT2D eigenvalue weighted by Crippen LogP contribution is -2.30. The second-order valence-corrected chi connectivity index (χ2v) is 21.4.